The van der Waals surface area contributed by atoms with E-state index in [1.54, 1.807) is 14.2 Å². The number of rotatable bonds is 11. The Morgan fingerprint density at radius 2 is 1.64 bits per heavy atom. The number of hydrogen-bond acceptors (Lipinski definition) is 7. The minimum atomic E-state index is -0.130. The second-order valence-electron chi connectivity index (χ2n) is 9.43. The Balaban J connectivity index is 1.51. The molecule has 200 valence electrons. The third-order valence-electron chi connectivity index (χ3n) is 6.91. The quantitative estimate of drug-likeness (QED) is 0.267. The molecule has 5 rings (SSSR count). The van der Waals surface area contributed by atoms with Gasteiger partial charge in [-0.15, -0.1) is 5.10 Å². The zero-order chi connectivity index (χ0) is 27.2. The second-order valence-corrected chi connectivity index (χ2v) is 9.43. The van der Waals surface area contributed by atoms with E-state index < -0.39 is 0 Å². The standard InChI is InChI=1S/C30H32N6O3/c1-4-28(29-32-33-34-36(29)19-21-8-6-5-7-9-21)35(18-22-10-13-25(38-2)14-11-22)20-24-16-23-12-15-26(39-3)17-27(23)31-30(24)37/h5-17,28H,4,18-20H2,1-3H3,(H,31,37)/t28-/m1/s1. The molecule has 1 N–H and O–H groups in total. The average molecular weight is 525 g/mol. The lowest BCUT2D eigenvalue weighted by Gasteiger charge is -2.30. The monoisotopic (exact) mass is 524 g/mol. The molecular formula is C30H32N6O3. The normalized spacial score (nSPS) is 12.1. The van der Waals surface area contributed by atoms with Crippen molar-refractivity contribution < 1.29 is 9.47 Å². The SMILES string of the molecule is CC[C@H](c1nnnn1Cc1ccccc1)N(Cc1ccc(OC)cc1)Cc1cc2ccc(OC)cc2[nH]c1=O. The molecule has 0 aliphatic carbocycles. The van der Waals surface area contributed by atoms with E-state index in [1.807, 2.05) is 71.4 Å². The molecule has 0 aliphatic heterocycles. The maximum atomic E-state index is 13.2. The van der Waals surface area contributed by atoms with E-state index in [2.05, 4.69) is 44.5 Å². The fourth-order valence-electron chi connectivity index (χ4n) is 4.85. The highest BCUT2D eigenvalue weighted by molar-refractivity contribution is 5.80. The lowest BCUT2D eigenvalue weighted by molar-refractivity contribution is 0.161. The molecule has 0 unspecified atom stereocenters. The van der Waals surface area contributed by atoms with Crippen LogP contribution in [0, 0.1) is 0 Å². The number of benzene rings is 3. The summed E-state index contributed by atoms with van der Waals surface area (Å²) in [6, 6.07) is 25.6. The summed E-state index contributed by atoms with van der Waals surface area (Å²) in [7, 11) is 3.27. The molecule has 0 fully saturated rings. The van der Waals surface area contributed by atoms with Crippen LogP contribution in [0.25, 0.3) is 10.9 Å². The first kappa shape index (κ1) is 26.1. The van der Waals surface area contributed by atoms with E-state index in [4.69, 9.17) is 9.47 Å². The van der Waals surface area contributed by atoms with E-state index in [0.717, 1.165) is 40.0 Å². The van der Waals surface area contributed by atoms with Crippen LogP contribution in [0.3, 0.4) is 0 Å². The van der Waals surface area contributed by atoms with Crippen molar-refractivity contribution in [1.29, 1.82) is 0 Å². The van der Waals surface area contributed by atoms with Crippen LogP contribution in [0.5, 0.6) is 11.5 Å². The summed E-state index contributed by atoms with van der Waals surface area (Å²) in [6.07, 6.45) is 0.758. The molecule has 2 heterocycles. The highest BCUT2D eigenvalue weighted by atomic mass is 16.5. The number of fused-ring (bicyclic) bond motifs is 1. The van der Waals surface area contributed by atoms with Crippen LogP contribution in [-0.4, -0.2) is 44.3 Å². The lowest BCUT2D eigenvalue weighted by atomic mass is 10.1. The molecule has 3 aromatic carbocycles. The average Bonchev–Trinajstić information content (AvgIpc) is 3.42. The van der Waals surface area contributed by atoms with Crippen molar-refractivity contribution in [2.75, 3.05) is 14.2 Å². The Morgan fingerprint density at radius 1 is 0.897 bits per heavy atom. The highest BCUT2D eigenvalue weighted by Gasteiger charge is 2.26. The number of aromatic nitrogens is 5. The number of ether oxygens (including phenoxy) is 2. The zero-order valence-corrected chi connectivity index (χ0v) is 22.4. The Hall–Kier alpha value is -4.50. The molecule has 9 nitrogen and oxygen atoms in total. The minimum absolute atomic E-state index is 0.128. The Kier molecular flexibility index (Phi) is 7.98. The number of pyridine rings is 1. The summed E-state index contributed by atoms with van der Waals surface area (Å²) >= 11 is 0. The minimum Gasteiger partial charge on any atom is -0.497 e. The van der Waals surface area contributed by atoms with E-state index in [0.29, 0.717) is 30.9 Å². The molecule has 9 heteroatoms. The number of tetrazole rings is 1. The molecule has 0 aliphatic rings. The fourth-order valence-corrected chi connectivity index (χ4v) is 4.85. The topological polar surface area (TPSA) is 98.2 Å². The van der Waals surface area contributed by atoms with Crippen LogP contribution < -0.4 is 15.0 Å². The van der Waals surface area contributed by atoms with Gasteiger partial charge in [0, 0.05) is 24.7 Å². The zero-order valence-electron chi connectivity index (χ0n) is 22.4. The van der Waals surface area contributed by atoms with Gasteiger partial charge in [0.1, 0.15) is 11.5 Å². The van der Waals surface area contributed by atoms with Gasteiger partial charge in [0.15, 0.2) is 5.82 Å². The fraction of sp³-hybridized carbons (Fsp3) is 0.267. The van der Waals surface area contributed by atoms with Gasteiger partial charge in [0.2, 0.25) is 0 Å². The first-order chi connectivity index (χ1) is 19.1. The number of methoxy groups -OCH3 is 2. The van der Waals surface area contributed by atoms with Crippen LogP contribution in [0.4, 0.5) is 0 Å². The maximum Gasteiger partial charge on any atom is 0.252 e. The summed E-state index contributed by atoms with van der Waals surface area (Å²) in [6.45, 7) is 3.69. The number of nitrogens with zero attached hydrogens (tertiary/aromatic N) is 5. The van der Waals surface area contributed by atoms with Gasteiger partial charge in [0.05, 0.1) is 32.3 Å². The number of nitrogens with one attached hydrogen (secondary N) is 1. The Bertz CT molecular complexity index is 1580. The largest absolute Gasteiger partial charge is 0.497 e. The van der Waals surface area contributed by atoms with Gasteiger partial charge < -0.3 is 14.5 Å². The molecule has 0 bridgehead atoms. The first-order valence-electron chi connectivity index (χ1n) is 12.9. The molecule has 0 saturated heterocycles. The van der Waals surface area contributed by atoms with Crippen molar-refractivity contribution >= 4 is 10.9 Å². The van der Waals surface area contributed by atoms with Crippen molar-refractivity contribution in [3.8, 4) is 11.5 Å². The second kappa shape index (κ2) is 11.9. The predicted octanol–water partition coefficient (Wildman–Crippen LogP) is 4.73. The molecule has 39 heavy (non-hydrogen) atoms. The van der Waals surface area contributed by atoms with Gasteiger partial charge in [-0.2, -0.15) is 0 Å². The number of aromatic amines is 1. The number of H-pyrrole nitrogens is 1. The van der Waals surface area contributed by atoms with E-state index in [-0.39, 0.29) is 11.6 Å². The molecule has 2 aromatic heterocycles. The molecule has 0 amide bonds. The van der Waals surface area contributed by atoms with E-state index >= 15 is 0 Å². The van der Waals surface area contributed by atoms with Gasteiger partial charge in [0.25, 0.3) is 5.56 Å². The third-order valence-corrected chi connectivity index (χ3v) is 6.91. The van der Waals surface area contributed by atoms with Crippen molar-refractivity contribution in [1.82, 2.24) is 30.1 Å². The van der Waals surface area contributed by atoms with E-state index in [1.165, 1.54) is 0 Å². The van der Waals surface area contributed by atoms with Gasteiger partial charge in [-0.05, 0) is 63.7 Å². The Morgan fingerprint density at radius 3 is 2.36 bits per heavy atom. The van der Waals surface area contributed by atoms with Crippen molar-refractivity contribution in [2.45, 2.75) is 39.0 Å². The summed E-state index contributed by atoms with van der Waals surface area (Å²) in [5.74, 6) is 2.26. The molecular weight excluding hydrogens is 492 g/mol. The first-order valence-corrected chi connectivity index (χ1v) is 12.9. The molecule has 5 aromatic rings. The van der Waals surface area contributed by atoms with Crippen LogP contribution in [0.2, 0.25) is 0 Å². The lowest BCUT2D eigenvalue weighted by Crippen LogP contribution is -2.32. The van der Waals surface area contributed by atoms with Crippen LogP contribution in [0.1, 0.15) is 41.9 Å². The predicted molar refractivity (Wildman–Crippen MR) is 150 cm³/mol. The smallest absolute Gasteiger partial charge is 0.252 e. The summed E-state index contributed by atoms with van der Waals surface area (Å²) in [5, 5.41) is 13.7. The van der Waals surface area contributed by atoms with Crippen LogP contribution >= 0.6 is 0 Å². The third kappa shape index (κ3) is 5.99. The van der Waals surface area contributed by atoms with Gasteiger partial charge >= 0.3 is 0 Å². The van der Waals surface area contributed by atoms with Crippen molar-refractivity contribution in [3.05, 3.63) is 112 Å². The Labute approximate surface area is 227 Å². The van der Waals surface area contributed by atoms with Gasteiger partial charge in [-0.25, -0.2) is 4.68 Å². The molecule has 0 spiro atoms. The molecule has 0 saturated carbocycles. The van der Waals surface area contributed by atoms with E-state index in [9.17, 15) is 4.79 Å². The van der Waals surface area contributed by atoms with Crippen molar-refractivity contribution in [2.24, 2.45) is 0 Å². The maximum absolute atomic E-state index is 13.2. The summed E-state index contributed by atoms with van der Waals surface area (Å²) < 4.78 is 12.5. The van der Waals surface area contributed by atoms with Crippen LogP contribution in [-0.2, 0) is 19.6 Å². The van der Waals surface area contributed by atoms with Gasteiger partial charge in [-0.3, -0.25) is 9.69 Å². The highest BCUT2D eigenvalue weighted by Crippen LogP contribution is 2.28. The summed E-state index contributed by atoms with van der Waals surface area (Å²) in [4.78, 5) is 18.5. The molecule has 1 atom stereocenters. The number of hydrogen-bond donors (Lipinski definition) is 1. The summed E-state index contributed by atoms with van der Waals surface area (Å²) in [5.41, 5.74) is 3.49. The molecule has 0 radical (unpaired) electrons. The van der Waals surface area contributed by atoms with Gasteiger partial charge in [-0.1, -0.05) is 49.4 Å². The van der Waals surface area contributed by atoms with Crippen LogP contribution in [0.15, 0.2) is 83.7 Å². The van der Waals surface area contributed by atoms with Crippen molar-refractivity contribution in [3.63, 3.8) is 0 Å².